The van der Waals surface area contributed by atoms with Gasteiger partial charge in [-0.15, -0.1) is 0 Å². The summed E-state index contributed by atoms with van der Waals surface area (Å²) in [4.78, 5) is 16.4. The number of nitrogens with one attached hydrogen (secondary N) is 1. The summed E-state index contributed by atoms with van der Waals surface area (Å²) in [5.41, 5.74) is 0.734. The van der Waals surface area contributed by atoms with E-state index < -0.39 is 5.91 Å². The third-order valence-corrected chi connectivity index (χ3v) is 3.71. The van der Waals surface area contributed by atoms with Gasteiger partial charge in [0.25, 0.3) is 5.91 Å². The van der Waals surface area contributed by atoms with Gasteiger partial charge in [-0.05, 0) is 24.6 Å². The second kappa shape index (κ2) is 6.04. The number of aromatic nitrogens is 1. The molecule has 0 aliphatic rings. The van der Waals surface area contributed by atoms with Crippen LogP contribution in [-0.2, 0) is 0 Å². The van der Waals surface area contributed by atoms with Crippen molar-refractivity contribution in [1.29, 1.82) is 0 Å². The Balaban J connectivity index is 1.86. The lowest BCUT2D eigenvalue weighted by molar-refractivity contribution is 0.0932. The van der Waals surface area contributed by atoms with Crippen LogP contribution in [-0.4, -0.2) is 16.0 Å². The highest BCUT2D eigenvalue weighted by Crippen LogP contribution is 2.27. The molecule has 1 unspecified atom stereocenters. The van der Waals surface area contributed by atoms with E-state index in [0.717, 1.165) is 10.9 Å². The molecule has 116 valence electrons. The molecular weight excluding hydrogens is 295 g/mol. The number of carbonyl (C=O) groups excluding carboxylic acids is 1. The predicted molar refractivity (Wildman–Crippen MR) is 85.7 cm³/mol. The number of halogens is 1. The van der Waals surface area contributed by atoms with Crippen LogP contribution in [0.25, 0.3) is 10.8 Å². The molecule has 2 N–H and O–H groups in total. The first-order valence-electron chi connectivity index (χ1n) is 7.19. The highest BCUT2D eigenvalue weighted by atomic mass is 19.1. The first-order chi connectivity index (χ1) is 11.1. The molecule has 5 heteroatoms. The first kappa shape index (κ1) is 15.0. The topological polar surface area (TPSA) is 62.2 Å². The molecule has 1 amide bonds. The summed E-state index contributed by atoms with van der Waals surface area (Å²) in [5, 5.41) is 14.3. The smallest absolute Gasteiger partial charge is 0.274 e. The maximum atomic E-state index is 12.9. The van der Waals surface area contributed by atoms with Gasteiger partial charge in [-0.3, -0.25) is 4.79 Å². The number of fused-ring (bicyclic) bond motifs is 1. The Kier molecular flexibility index (Phi) is 3.93. The number of benzene rings is 2. The lowest BCUT2D eigenvalue weighted by Crippen LogP contribution is -2.27. The third-order valence-electron chi connectivity index (χ3n) is 3.71. The van der Waals surface area contributed by atoms with Gasteiger partial charge in [-0.2, -0.15) is 0 Å². The van der Waals surface area contributed by atoms with Gasteiger partial charge in [0.05, 0.1) is 6.04 Å². The summed E-state index contributed by atoms with van der Waals surface area (Å²) in [6.07, 6.45) is 1.55. The molecule has 3 aromatic rings. The summed E-state index contributed by atoms with van der Waals surface area (Å²) in [7, 11) is 0. The fraction of sp³-hybridized carbons (Fsp3) is 0.111. The quantitative estimate of drug-likeness (QED) is 0.777. The Morgan fingerprint density at radius 2 is 1.87 bits per heavy atom. The van der Waals surface area contributed by atoms with Crippen molar-refractivity contribution in [1.82, 2.24) is 10.3 Å². The molecule has 23 heavy (non-hydrogen) atoms. The summed E-state index contributed by atoms with van der Waals surface area (Å²) in [5.74, 6) is -0.960. The van der Waals surface area contributed by atoms with E-state index in [-0.39, 0.29) is 23.3 Å². The highest BCUT2D eigenvalue weighted by molar-refractivity contribution is 6.01. The minimum atomic E-state index is -0.481. The predicted octanol–water partition coefficient (Wildman–Crippen LogP) is 3.57. The Morgan fingerprint density at radius 1 is 1.17 bits per heavy atom. The van der Waals surface area contributed by atoms with Gasteiger partial charge < -0.3 is 10.4 Å². The Bertz CT molecular complexity index is 863. The maximum absolute atomic E-state index is 12.9. The fourth-order valence-electron chi connectivity index (χ4n) is 2.41. The van der Waals surface area contributed by atoms with Crippen molar-refractivity contribution >= 4 is 16.7 Å². The summed E-state index contributed by atoms with van der Waals surface area (Å²) in [6, 6.07) is 12.7. The Morgan fingerprint density at radius 3 is 2.61 bits per heavy atom. The van der Waals surface area contributed by atoms with Gasteiger partial charge in [-0.1, -0.05) is 36.4 Å². The van der Waals surface area contributed by atoms with Crippen LogP contribution < -0.4 is 5.32 Å². The molecule has 1 heterocycles. The highest BCUT2D eigenvalue weighted by Gasteiger charge is 2.18. The van der Waals surface area contributed by atoms with Gasteiger partial charge in [0.15, 0.2) is 11.4 Å². The lowest BCUT2D eigenvalue weighted by Gasteiger charge is -2.15. The molecule has 0 fully saturated rings. The molecule has 3 rings (SSSR count). The number of pyridine rings is 1. The fourth-order valence-corrected chi connectivity index (χ4v) is 2.41. The number of hydrogen-bond acceptors (Lipinski definition) is 3. The van der Waals surface area contributed by atoms with E-state index in [4.69, 9.17) is 0 Å². The lowest BCUT2D eigenvalue weighted by atomic mass is 10.1. The van der Waals surface area contributed by atoms with E-state index >= 15 is 0 Å². The second-order valence-electron chi connectivity index (χ2n) is 5.29. The van der Waals surface area contributed by atoms with Crippen LogP contribution >= 0.6 is 0 Å². The van der Waals surface area contributed by atoms with Crippen molar-refractivity contribution in [2.24, 2.45) is 0 Å². The normalized spacial score (nSPS) is 12.1. The van der Waals surface area contributed by atoms with Crippen LogP contribution in [0.4, 0.5) is 4.39 Å². The van der Waals surface area contributed by atoms with Crippen LogP contribution in [0.15, 0.2) is 54.7 Å². The van der Waals surface area contributed by atoms with E-state index in [1.54, 1.807) is 37.4 Å². The zero-order valence-electron chi connectivity index (χ0n) is 12.5. The van der Waals surface area contributed by atoms with E-state index in [1.165, 1.54) is 12.1 Å². The van der Waals surface area contributed by atoms with Gasteiger partial charge >= 0.3 is 0 Å². The number of hydrogen-bond donors (Lipinski definition) is 2. The van der Waals surface area contributed by atoms with Crippen molar-refractivity contribution < 1.29 is 14.3 Å². The molecule has 0 saturated carbocycles. The molecule has 0 saturated heterocycles. The largest absolute Gasteiger partial charge is 0.505 e. The van der Waals surface area contributed by atoms with Gasteiger partial charge in [-0.25, -0.2) is 9.37 Å². The zero-order chi connectivity index (χ0) is 16.4. The molecule has 0 aliphatic carbocycles. The number of nitrogens with zero attached hydrogens (tertiary/aromatic N) is 1. The van der Waals surface area contributed by atoms with Crippen molar-refractivity contribution in [2.45, 2.75) is 13.0 Å². The Hall–Kier alpha value is -2.95. The molecule has 1 atom stereocenters. The van der Waals surface area contributed by atoms with Crippen LogP contribution in [0.5, 0.6) is 5.75 Å². The minimum Gasteiger partial charge on any atom is -0.505 e. The molecule has 1 aromatic heterocycles. The monoisotopic (exact) mass is 310 g/mol. The van der Waals surface area contributed by atoms with E-state index in [0.29, 0.717) is 5.39 Å². The molecular formula is C18H15FN2O2. The zero-order valence-corrected chi connectivity index (χ0v) is 12.5. The summed E-state index contributed by atoms with van der Waals surface area (Å²) in [6.45, 7) is 1.78. The van der Waals surface area contributed by atoms with Gasteiger partial charge in [0.1, 0.15) is 5.82 Å². The SMILES string of the molecule is CC(NC(=O)c1ncc2ccccc2c1O)c1ccc(F)cc1. The van der Waals surface area contributed by atoms with E-state index in [2.05, 4.69) is 10.3 Å². The summed E-state index contributed by atoms with van der Waals surface area (Å²) < 4.78 is 12.9. The van der Waals surface area contributed by atoms with Crippen LogP contribution in [0.3, 0.4) is 0 Å². The molecule has 0 radical (unpaired) electrons. The molecule has 0 spiro atoms. The maximum Gasteiger partial charge on any atom is 0.274 e. The number of amides is 1. The van der Waals surface area contributed by atoms with Crippen molar-refractivity contribution in [3.63, 3.8) is 0 Å². The average molecular weight is 310 g/mol. The average Bonchev–Trinajstić information content (AvgIpc) is 2.56. The minimum absolute atomic E-state index is 0.0299. The first-order valence-corrected chi connectivity index (χ1v) is 7.19. The number of carbonyl (C=O) groups is 1. The molecule has 4 nitrogen and oxygen atoms in total. The summed E-state index contributed by atoms with van der Waals surface area (Å²) >= 11 is 0. The molecule has 0 bridgehead atoms. The van der Waals surface area contributed by atoms with Crippen molar-refractivity contribution in [2.75, 3.05) is 0 Å². The Labute approximate surface area is 132 Å². The van der Waals surface area contributed by atoms with Crippen LogP contribution in [0, 0.1) is 5.82 Å². The van der Waals surface area contributed by atoms with Crippen molar-refractivity contribution in [3.8, 4) is 5.75 Å². The van der Waals surface area contributed by atoms with E-state index in [9.17, 15) is 14.3 Å². The van der Waals surface area contributed by atoms with Gasteiger partial charge in [0.2, 0.25) is 0 Å². The molecule has 0 aliphatic heterocycles. The number of aromatic hydroxyl groups is 1. The standard InChI is InChI=1S/C18H15FN2O2/c1-11(12-6-8-14(19)9-7-12)21-18(23)16-17(22)15-5-3-2-4-13(15)10-20-16/h2-11,22H,1H3,(H,21,23). The van der Waals surface area contributed by atoms with E-state index in [1.807, 2.05) is 12.1 Å². The second-order valence-corrected chi connectivity index (χ2v) is 5.29. The van der Waals surface area contributed by atoms with Crippen LogP contribution in [0.1, 0.15) is 29.0 Å². The third kappa shape index (κ3) is 2.99. The van der Waals surface area contributed by atoms with Crippen molar-refractivity contribution in [3.05, 3.63) is 71.8 Å². The molecule has 2 aromatic carbocycles. The van der Waals surface area contributed by atoms with Crippen LogP contribution in [0.2, 0.25) is 0 Å². The van der Waals surface area contributed by atoms with Gasteiger partial charge in [0, 0.05) is 17.0 Å². The number of rotatable bonds is 3.